The van der Waals surface area contributed by atoms with Crippen molar-refractivity contribution in [2.75, 3.05) is 19.8 Å². The molecule has 0 fully saturated rings. The van der Waals surface area contributed by atoms with Crippen molar-refractivity contribution in [3.8, 4) is 0 Å². The van der Waals surface area contributed by atoms with E-state index >= 15 is 0 Å². The van der Waals surface area contributed by atoms with Gasteiger partial charge >= 0.3 is 0 Å². The minimum Gasteiger partial charge on any atom is -0.373 e. The Morgan fingerprint density at radius 3 is 2.37 bits per heavy atom. The summed E-state index contributed by atoms with van der Waals surface area (Å²) in [4.78, 5) is 11.9. The summed E-state index contributed by atoms with van der Waals surface area (Å²) in [6.45, 7) is 11.1. The fraction of sp³-hybridized carbons (Fsp3) is 0.562. The van der Waals surface area contributed by atoms with Gasteiger partial charge in [0.05, 0.1) is 18.8 Å². The van der Waals surface area contributed by atoms with Crippen LogP contribution in [0, 0.1) is 13.8 Å². The van der Waals surface area contributed by atoms with Crippen LogP contribution in [0.25, 0.3) is 0 Å². The number of ketones is 1. The fourth-order valence-corrected chi connectivity index (χ4v) is 1.57. The summed E-state index contributed by atoms with van der Waals surface area (Å²) >= 11 is 0. The lowest BCUT2D eigenvalue weighted by Gasteiger charge is -2.19. The molecule has 0 heterocycles. The average molecular weight is 264 g/mol. The summed E-state index contributed by atoms with van der Waals surface area (Å²) in [5.74, 6) is 0.0128. The van der Waals surface area contributed by atoms with Gasteiger partial charge in [-0.25, -0.2) is 0 Å². The van der Waals surface area contributed by atoms with Crippen molar-refractivity contribution in [1.82, 2.24) is 0 Å². The minimum absolute atomic E-state index is 0.0128. The Balaban J connectivity index is 2.33. The molecular formula is C16H24O3. The number of hydrogen-bond donors (Lipinski definition) is 0. The maximum atomic E-state index is 11.9. The Bertz CT molecular complexity index is 430. The molecular weight excluding hydrogens is 240 g/mol. The van der Waals surface area contributed by atoms with Crippen molar-refractivity contribution >= 4 is 5.78 Å². The Hall–Kier alpha value is -1.19. The first kappa shape index (κ1) is 15.9. The molecule has 19 heavy (non-hydrogen) atoms. The normalized spacial score (nSPS) is 11.6. The van der Waals surface area contributed by atoms with Crippen molar-refractivity contribution in [2.45, 2.75) is 40.2 Å². The van der Waals surface area contributed by atoms with Gasteiger partial charge in [-0.1, -0.05) is 12.1 Å². The second-order valence-corrected chi connectivity index (χ2v) is 5.74. The number of aryl methyl sites for hydroxylation is 2. The van der Waals surface area contributed by atoms with E-state index in [1.165, 1.54) is 5.56 Å². The van der Waals surface area contributed by atoms with Crippen LogP contribution >= 0.6 is 0 Å². The van der Waals surface area contributed by atoms with Crippen LogP contribution in [0.15, 0.2) is 18.2 Å². The Kier molecular flexibility index (Phi) is 5.70. The summed E-state index contributed by atoms with van der Waals surface area (Å²) in [5, 5.41) is 0. The maximum absolute atomic E-state index is 11.9. The van der Waals surface area contributed by atoms with Crippen LogP contribution in [0.4, 0.5) is 0 Å². The number of rotatable bonds is 6. The smallest absolute Gasteiger partial charge is 0.188 e. The topological polar surface area (TPSA) is 35.5 Å². The molecule has 0 atom stereocenters. The van der Waals surface area contributed by atoms with Crippen LogP contribution in [0.5, 0.6) is 0 Å². The molecule has 0 aliphatic rings. The predicted molar refractivity (Wildman–Crippen MR) is 76.8 cm³/mol. The lowest BCUT2D eigenvalue weighted by atomic mass is 10.0. The van der Waals surface area contributed by atoms with Gasteiger partial charge in [-0.15, -0.1) is 0 Å². The number of carbonyl (C=O) groups excluding carboxylic acids is 1. The van der Waals surface area contributed by atoms with Crippen LogP contribution < -0.4 is 0 Å². The molecule has 0 amide bonds. The molecule has 0 radical (unpaired) electrons. The highest BCUT2D eigenvalue weighted by Crippen LogP contribution is 2.10. The van der Waals surface area contributed by atoms with E-state index in [0.29, 0.717) is 18.8 Å². The number of Topliss-reactive ketones (excluding diaryl/α,β-unsaturated/α-hetero) is 1. The van der Waals surface area contributed by atoms with Crippen molar-refractivity contribution in [1.29, 1.82) is 0 Å². The molecule has 0 aliphatic carbocycles. The molecule has 0 saturated heterocycles. The third-order valence-electron chi connectivity index (χ3n) is 2.82. The van der Waals surface area contributed by atoms with Gasteiger partial charge in [-0.05, 0) is 51.8 Å². The molecule has 3 heteroatoms. The lowest BCUT2D eigenvalue weighted by molar-refractivity contribution is -0.0324. The highest BCUT2D eigenvalue weighted by atomic mass is 16.5. The monoisotopic (exact) mass is 264 g/mol. The van der Waals surface area contributed by atoms with Crippen molar-refractivity contribution in [3.63, 3.8) is 0 Å². The van der Waals surface area contributed by atoms with Gasteiger partial charge in [-0.2, -0.15) is 0 Å². The van der Waals surface area contributed by atoms with E-state index in [-0.39, 0.29) is 18.0 Å². The van der Waals surface area contributed by atoms with Crippen molar-refractivity contribution in [2.24, 2.45) is 0 Å². The van der Waals surface area contributed by atoms with Gasteiger partial charge in [-0.3, -0.25) is 4.79 Å². The lowest BCUT2D eigenvalue weighted by Crippen LogP contribution is -2.22. The molecule has 0 bridgehead atoms. The standard InChI is InChI=1S/C16H24O3/c1-12-6-7-14(10-13(12)2)15(17)11-18-8-9-19-16(3,4)5/h6-7,10H,8-9,11H2,1-5H3. The van der Waals surface area contributed by atoms with E-state index in [1.807, 2.05) is 52.8 Å². The molecule has 1 aromatic carbocycles. The highest BCUT2D eigenvalue weighted by Gasteiger charge is 2.10. The van der Waals surface area contributed by atoms with E-state index in [0.717, 1.165) is 5.56 Å². The first-order valence-electron chi connectivity index (χ1n) is 6.62. The number of benzene rings is 1. The fourth-order valence-electron chi connectivity index (χ4n) is 1.57. The second kappa shape index (κ2) is 6.83. The average Bonchev–Trinajstić information content (AvgIpc) is 2.30. The van der Waals surface area contributed by atoms with E-state index in [9.17, 15) is 4.79 Å². The van der Waals surface area contributed by atoms with Crippen LogP contribution in [0.3, 0.4) is 0 Å². The summed E-state index contributed by atoms with van der Waals surface area (Å²) in [7, 11) is 0. The van der Waals surface area contributed by atoms with E-state index in [1.54, 1.807) is 0 Å². The van der Waals surface area contributed by atoms with E-state index < -0.39 is 0 Å². The zero-order chi connectivity index (χ0) is 14.5. The summed E-state index contributed by atoms with van der Waals surface area (Å²) in [6, 6.07) is 5.72. The van der Waals surface area contributed by atoms with Crippen LogP contribution in [0.1, 0.15) is 42.3 Å². The Labute approximate surface area is 115 Å². The molecule has 106 valence electrons. The third kappa shape index (κ3) is 5.99. The molecule has 0 aliphatic heterocycles. The molecule has 0 unspecified atom stereocenters. The molecule has 0 N–H and O–H groups in total. The van der Waals surface area contributed by atoms with Gasteiger partial charge < -0.3 is 9.47 Å². The molecule has 1 rings (SSSR count). The van der Waals surface area contributed by atoms with Gasteiger partial charge in [0.2, 0.25) is 0 Å². The van der Waals surface area contributed by atoms with E-state index in [4.69, 9.17) is 9.47 Å². The number of ether oxygens (including phenoxy) is 2. The number of hydrogen-bond acceptors (Lipinski definition) is 3. The van der Waals surface area contributed by atoms with Crippen LogP contribution in [-0.2, 0) is 9.47 Å². The minimum atomic E-state index is -0.165. The van der Waals surface area contributed by atoms with Crippen molar-refractivity contribution in [3.05, 3.63) is 34.9 Å². The maximum Gasteiger partial charge on any atom is 0.188 e. The first-order chi connectivity index (χ1) is 8.79. The second-order valence-electron chi connectivity index (χ2n) is 5.74. The van der Waals surface area contributed by atoms with Gasteiger partial charge in [0, 0.05) is 5.56 Å². The highest BCUT2D eigenvalue weighted by molar-refractivity contribution is 5.97. The summed E-state index contributed by atoms with van der Waals surface area (Å²) < 4.78 is 10.9. The first-order valence-corrected chi connectivity index (χ1v) is 6.62. The van der Waals surface area contributed by atoms with Crippen molar-refractivity contribution < 1.29 is 14.3 Å². The molecule has 0 aromatic heterocycles. The van der Waals surface area contributed by atoms with E-state index in [2.05, 4.69) is 0 Å². The molecule has 0 saturated carbocycles. The molecule has 1 aromatic rings. The zero-order valence-corrected chi connectivity index (χ0v) is 12.6. The van der Waals surface area contributed by atoms with Gasteiger partial charge in [0.25, 0.3) is 0 Å². The molecule has 3 nitrogen and oxygen atoms in total. The SMILES string of the molecule is Cc1ccc(C(=O)COCCOC(C)(C)C)cc1C. The predicted octanol–water partition coefficient (Wildman–Crippen LogP) is 3.32. The Morgan fingerprint density at radius 1 is 1.11 bits per heavy atom. The Morgan fingerprint density at radius 2 is 1.79 bits per heavy atom. The number of carbonyl (C=O) groups is 1. The largest absolute Gasteiger partial charge is 0.373 e. The van der Waals surface area contributed by atoms with Crippen LogP contribution in [-0.4, -0.2) is 31.2 Å². The van der Waals surface area contributed by atoms with Gasteiger partial charge in [0.15, 0.2) is 5.78 Å². The quantitative estimate of drug-likeness (QED) is 0.584. The molecule has 0 spiro atoms. The van der Waals surface area contributed by atoms with Gasteiger partial charge in [0.1, 0.15) is 6.61 Å². The summed E-state index contributed by atoms with van der Waals surface area (Å²) in [6.07, 6.45) is 0. The zero-order valence-electron chi connectivity index (χ0n) is 12.6. The third-order valence-corrected chi connectivity index (χ3v) is 2.82. The summed E-state index contributed by atoms with van der Waals surface area (Å²) in [5.41, 5.74) is 2.86. The van der Waals surface area contributed by atoms with Crippen LogP contribution in [0.2, 0.25) is 0 Å².